The Hall–Kier alpha value is -2.60. The first kappa shape index (κ1) is 20.7. The molecular weight excluding hydrogens is 344 g/mol. The average Bonchev–Trinajstić information content (AvgIpc) is 3.00. The number of nitrogens with one attached hydrogen (secondary N) is 2. The van der Waals surface area contributed by atoms with Gasteiger partial charge >= 0.3 is 5.97 Å². The number of rotatable bonds is 8. The number of hydrogen-bond donors (Lipinski definition) is 2. The third kappa shape index (κ3) is 5.20. The predicted octanol–water partition coefficient (Wildman–Crippen LogP) is 3.53. The number of aromatic nitrogens is 1. The summed E-state index contributed by atoms with van der Waals surface area (Å²) in [6.45, 7) is 8.59. The summed E-state index contributed by atoms with van der Waals surface area (Å²) >= 11 is 0. The lowest BCUT2D eigenvalue weighted by molar-refractivity contribution is 0.0598. The molecule has 0 aliphatic carbocycles. The van der Waals surface area contributed by atoms with Gasteiger partial charge in [-0.15, -0.1) is 0 Å². The van der Waals surface area contributed by atoms with Gasteiger partial charge in [-0.05, 0) is 43.9 Å². The van der Waals surface area contributed by atoms with Crippen molar-refractivity contribution in [1.29, 1.82) is 0 Å². The van der Waals surface area contributed by atoms with Gasteiger partial charge in [-0.1, -0.05) is 31.2 Å². The van der Waals surface area contributed by atoms with Gasteiger partial charge in [-0.2, -0.15) is 0 Å². The number of aryl methyl sites for hydroxylation is 1. The lowest BCUT2D eigenvalue weighted by Gasteiger charge is -2.10. The van der Waals surface area contributed by atoms with Crippen molar-refractivity contribution in [1.82, 2.24) is 10.3 Å². The number of amides is 1. The molecule has 0 saturated heterocycles. The van der Waals surface area contributed by atoms with Crippen molar-refractivity contribution in [3.8, 4) is 0 Å². The first-order valence-electron chi connectivity index (χ1n) is 9.14. The molecule has 1 amide bonds. The second-order valence-electron chi connectivity index (χ2n) is 6.69. The maximum Gasteiger partial charge on any atom is 0.339 e. The van der Waals surface area contributed by atoms with E-state index >= 15 is 0 Å². The van der Waals surface area contributed by atoms with Crippen LogP contribution in [-0.2, 0) is 29.0 Å². The van der Waals surface area contributed by atoms with Gasteiger partial charge in [0.25, 0.3) is 5.91 Å². The number of methoxy groups -OCH3 is 1. The van der Waals surface area contributed by atoms with Gasteiger partial charge < -0.3 is 19.8 Å². The zero-order valence-corrected chi connectivity index (χ0v) is 16.6. The van der Waals surface area contributed by atoms with E-state index in [1.165, 1.54) is 7.11 Å². The largest absolute Gasteiger partial charge is 0.465 e. The van der Waals surface area contributed by atoms with Crippen LogP contribution in [0.3, 0.4) is 0 Å². The highest BCUT2D eigenvalue weighted by atomic mass is 16.5. The second-order valence-corrected chi connectivity index (χ2v) is 6.69. The molecule has 0 unspecified atom stereocenters. The number of benzene rings is 1. The summed E-state index contributed by atoms with van der Waals surface area (Å²) in [5.41, 5.74) is 4.20. The van der Waals surface area contributed by atoms with Crippen LogP contribution in [-0.4, -0.2) is 30.1 Å². The first-order chi connectivity index (χ1) is 12.9. The summed E-state index contributed by atoms with van der Waals surface area (Å²) in [6, 6.07) is 7.92. The average molecular weight is 372 g/mol. The van der Waals surface area contributed by atoms with E-state index in [1.807, 2.05) is 45.0 Å². The Morgan fingerprint density at radius 3 is 2.56 bits per heavy atom. The van der Waals surface area contributed by atoms with Crippen LogP contribution in [0.15, 0.2) is 24.3 Å². The molecule has 2 rings (SSSR count). The van der Waals surface area contributed by atoms with Crippen LogP contribution in [0.5, 0.6) is 0 Å². The van der Waals surface area contributed by atoms with Crippen molar-refractivity contribution in [2.24, 2.45) is 0 Å². The van der Waals surface area contributed by atoms with E-state index in [4.69, 9.17) is 9.47 Å². The van der Waals surface area contributed by atoms with Gasteiger partial charge in [0.05, 0.1) is 25.4 Å². The Morgan fingerprint density at radius 2 is 1.93 bits per heavy atom. The molecule has 0 fully saturated rings. The van der Waals surface area contributed by atoms with Crippen LogP contribution < -0.4 is 5.32 Å². The smallest absolute Gasteiger partial charge is 0.339 e. The monoisotopic (exact) mass is 372 g/mol. The Labute approximate surface area is 160 Å². The minimum absolute atomic E-state index is 0.168. The minimum Gasteiger partial charge on any atom is -0.465 e. The lowest BCUT2D eigenvalue weighted by Crippen LogP contribution is -2.24. The van der Waals surface area contributed by atoms with Crippen LogP contribution in [0.25, 0.3) is 0 Å². The van der Waals surface area contributed by atoms with Gasteiger partial charge in [-0.25, -0.2) is 4.79 Å². The van der Waals surface area contributed by atoms with E-state index in [0.717, 1.165) is 11.1 Å². The molecule has 0 bridgehead atoms. The fourth-order valence-corrected chi connectivity index (χ4v) is 2.89. The van der Waals surface area contributed by atoms with Crippen LogP contribution in [0.4, 0.5) is 0 Å². The molecule has 0 saturated carbocycles. The number of carbonyl (C=O) groups excluding carboxylic acids is 2. The highest BCUT2D eigenvalue weighted by Gasteiger charge is 2.23. The highest BCUT2D eigenvalue weighted by Crippen LogP contribution is 2.20. The zero-order valence-electron chi connectivity index (χ0n) is 16.6. The quantitative estimate of drug-likeness (QED) is 0.695. The Kier molecular flexibility index (Phi) is 7.19. The molecule has 0 aliphatic heterocycles. The summed E-state index contributed by atoms with van der Waals surface area (Å²) in [4.78, 5) is 27.7. The van der Waals surface area contributed by atoms with Crippen molar-refractivity contribution in [2.75, 3.05) is 7.11 Å². The van der Waals surface area contributed by atoms with Crippen molar-refractivity contribution in [3.05, 3.63) is 57.9 Å². The van der Waals surface area contributed by atoms with Crippen LogP contribution in [0, 0.1) is 6.92 Å². The number of esters is 1. The number of aromatic amines is 1. The zero-order chi connectivity index (χ0) is 20.0. The number of ether oxygens (including phenoxy) is 2. The van der Waals surface area contributed by atoms with Crippen molar-refractivity contribution >= 4 is 11.9 Å². The predicted molar refractivity (Wildman–Crippen MR) is 104 cm³/mol. The summed E-state index contributed by atoms with van der Waals surface area (Å²) in [5.74, 6) is -0.682. The van der Waals surface area contributed by atoms with Gasteiger partial charge in [0.1, 0.15) is 5.69 Å². The van der Waals surface area contributed by atoms with E-state index in [0.29, 0.717) is 42.1 Å². The van der Waals surface area contributed by atoms with E-state index < -0.39 is 5.97 Å². The summed E-state index contributed by atoms with van der Waals surface area (Å²) in [7, 11) is 1.34. The van der Waals surface area contributed by atoms with Crippen LogP contribution in [0.2, 0.25) is 0 Å². The maximum absolute atomic E-state index is 12.6. The standard InChI is InChI=1S/C21H28N2O4/c1-6-17-18(21(25)26-5)14(4)19(23-17)20(24)22-11-15-8-7-9-16(10-15)12-27-13(2)3/h7-10,13,23H,6,11-12H2,1-5H3,(H,22,24). The van der Waals surface area contributed by atoms with Gasteiger partial charge in [-0.3, -0.25) is 4.79 Å². The van der Waals surface area contributed by atoms with Crippen LogP contribution in [0.1, 0.15) is 64.0 Å². The molecular formula is C21H28N2O4. The summed E-state index contributed by atoms with van der Waals surface area (Å²) in [6.07, 6.45) is 0.775. The number of hydrogen-bond acceptors (Lipinski definition) is 4. The van der Waals surface area contributed by atoms with E-state index in [1.54, 1.807) is 6.92 Å². The molecule has 1 aromatic heterocycles. The molecule has 0 atom stereocenters. The minimum atomic E-state index is -0.433. The molecule has 1 aromatic carbocycles. The summed E-state index contributed by atoms with van der Waals surface area (Å²) in [5, 5.41) is 2.91. The first-order valence-corrected chi connectivity index (χ1v) is 9.14. The maximum atomic E-state index is 12.6. The summed E-state index contributed by atoms with van der Waals surface area (Å²) < 4.78 is 10.5. The molecule has 0 radical (unpaired) electrons. The third-order valence-corrected chi connectivity index (χ3v) is 4.33. The molecule has 1 heterocycles. The Morgan fingerprint density at radius 1 is 1.22 bits per heavy atom. The second kappa shape index (κ2) is 9.37. The topological polar surface area (TPSA) is 80.4 Å². The van der Waals surface area contributed by atoms with Gasteiger partial charge in [0, 0.05) is 12.2 Å². The molecule has 6 nitrogen and oxygen atoms in total. The molecule has 146 valence electrons. The SMILES string of the molecule is CCc1[nH]c(C(=O)NCc2cccc(COC(C)C)c2)c(C)c1C(=O)OC. The Bertz CT molecular complexity index is 809. The van der Waals surface area contributed by atoms with Crippen molar-refractivity contribution in [2.45, 2.75) is 53.4 Å². The number of carbonyl (C=O) groups is 2. The Balaban J connectivity index is 2.09. The molecule has 0 spiro atoms. The van der Waals surface area contributed by atoms with Crippen molar-refractivity contribution in [3.63, 3.8) is 0 Å². The van der Waals surface area contributed by atoms with E-state index in [2.05, 4.69) is 10.3 Å². The molecule has 0 aliphatic rings. The molecule has 27 heavy (non-hydrogen) atoms. The molecule has 6 heteroatoms. The van der Waals surface area contributed by atoms with Gasteiger partial charge in [0.2, 0.25) is 0 Å². The number of H-pyrrole nitrogens is 1. The highest BCUT2D eigenvalue weighted by molar-refractivity contribution is 6.00. The van der Waals surface area contributed by atoms with Crippen molar-refractivity contribution < 1.29 is 19.1 Å². The van der Waals surface area contributed by atoms with E-state index in [9.17, 15) is 9.59 Å². The third-order valence-electron chi connectivity index (χ3n) is 4.33. The van der Waals surface area contributed by atoms with Crippen LogP contribution >= 0.6 is 0 Å². The fourth-order valence-electron chi connectivity index (χ4n) is 2.89. The van der Waals surface area contributed by atoms with E-state index in [-0.39, 0.29) is 12.0 Å². The van der Waals surface area contributed by atoms with Gasteiger partial charge in [0.15, 0.2) is 0 Å². The molecule has 2 aromatic rings. The fraction of sp³-hybridized carbons (Fsp3) is 0.429. The molecule has 2 N–H and O–H groups in total. The lowest BCUT2D eigenvalue weighted by atomic mass is 10.1. The normalized spacial score (nSPS) is 10.9.